The van der Waals surface area contributed by atoms with Gasteiger partial charge < -0.3 is 4.90 Å². The molecule has 0 aliphatic heterocycles. The Balaban J connectivity index is 1.15. The molecule has 0 radical (unpaired) electrons. The first kappa shape index (κ1) is 30.6. The minimum atomic E-state index is 0.883. The van der Waals surface area contributed by atoms with Crippen LogP contribution in [0.2, 0.25) is 0 Å². The fraction of sp³-hybridized carbons (Fsp3) is 0. The molecule has 0 amide bonds. The number of benzene rings is 7. The molecule has 0 fully saturated rings. The molecule has 0 spiro atoms. The molecular weight excluding hydrogens is 647 g/mol. The maximum Gasteiger partial charge on any atom is 0.168 e. The molecular formula is C48H34N5+. The first-order valence-electron chi connectivity index (χ1n) is 17.9. The van der Waals surface area contributed by atoms with Crippen molar-refractivity contribution in [1.29, 1.82) is 0 Å². The number of hydrogen-bond donors (Lipinski definition) is 0. The zero-order valence-corrected chi connectivity index (χ0v) is 28.9. The fourth-order valence-electron chi connectivity index (χ4n) is 7.61. The van der Waals surface area contributed by atoms with E-state index in [4.69, 9.17) is 4.98 Å². The summed E-state index contributed by atoms with van der Waals surface area (Å²) in [6.45, 7) is 0. The molecule has 10 rings (SSSR count). The molecule has 250 valence electrons. The van der Waals surface area contributed by atoms with E-state index in [9.17, 15) is 0 Å². The van der Waals surface area contributed by atoms with E-state index in [1.807, 2.05) is 6.20 Å². The zero-order chi connectivity index (χ0) is 35.1. The van der Waals surface area contributed by atoms with E-state index in [0.29, 0.717) is 0 Å². The molecule has 3 heterocycles. The molecule has 5 nitrogen and oxygen atoms in total. The van der Waals surface area contributed by atoms with E-state index in [2.05, 4.69) is 219 Å². The predicted molar refractivity (Wildman–Crippen MR) is 219 cm³/mol. The fourth-order valence-corrected chi connectivity index (χ4v) is 7.61. The van der Waals surface area contributed by atoms with Gasteiger partial charge in [-0.2, -0.15) is 9.13 Å². The maximum atomic E-state index is 4.94. The Hall–Kier alpha value is -7.24. The highest BCUT2D eigenvalue weighted by Gasteiger charge is 2.21. The first-order chi connectivity index (χ1) is 26.3. The molecule has 0 unspecified atom stereocenters. The molecule has 0 saturated carbocycles. The van der Waals surface area contributed by atoms with Crippen LogP contribution < -0.4 is 4.90 Å². The van der Waals surface area contributed by atoms with Crippen molar-refractivity contribution in [2.24, 2.45) is 0 Å². The van der Waals surface area contributed by atoms with Gasteiger partial charge in [-0.15, -0.1) is 0 Å². The lowest BCUT2D eigenvalue weighted by atomic mass is 10.1. The molecule has 0 atom stereocenters. The lowest BCUT2D eigenvalue weighted by molar-refractivity contribution is 1.01. The quantitative estimate of drug-likeness (QED) is 0.157. The number of imidazole rings is 1. The van der Waals surface area contributed by atoms with Gasteiger partial charge >= 0.3 is 0 Å². The van der Waals surface area contributed by atoms with Gasteiger partial charge in [-0.3, -0.25) is 4.57 Å². The van der Waals surface area contributed by atoms with Crippen molar-refractivity contribution in [1.82, 2.24) is 18.7 Å². The van der Waals surface area contributed by atoms with E-state index >= 15 is 0 Å². The van der Waals surface area contributed by atoms with Crippen LogP contribution in [-0.4, -0.2) is 18.7 Å². The Morgan fingerprint density at radius 3 is 1.75 bits per heavy atom. The third-order valence-electron chi connectivity index (χ3n) is 10.0. The van der Waals surface area contributed by atoms with E-state index < -0.39 is 0 Å². The summed E-state index contributed by atoms with van der Waals surface area (Å²) in [4.78, 5) is 7.28. The number of rotatable bonds is 7. The van der Waals surface area contributed by atoms with Gasteiger partial charge in [0, 0.05) is 46.5 Å². The number of aromatic nitrogens is 4. The van der Waals surface area contributed by atoms with Gasteiger partial charge in [0.25, 0.3) is 0 Å². The molecule has 0 N–H and O–H groups in total. The van der Waals surface area contributed by atoms with Gasteiger partial charge in [0.1, 0.15) is 17.2 Å². The minimum Gasteiger partial charge on any atom is -0.310 e. The van der Waals surface area contributed by atoms with Gasteiger partial charge in [-0.05, 0) is 77.9 Å². The summed E-state index contributed by atoms with van der Waals surface area (Å²) in [6, 6.07) is 68.7. The summed E-state index contributed by atoms with van der Waals surface area (Å²) in [7, 11) is 0. The summed E-state index contributed by atoms with van der Waals surface area (Å²) in [5.41, 5.74) is 12.2. The lowest BCUT2D eigenvalue weighted by Crippen LogP contribution is -2.10. The smallest absolute Gasteiger partial charge is 0.168 e. The second-order valence-corrected chi connectivity index (χ2v) is 13.2. The summed E-state index contributed by atoms with van der Waals surface area (Å²) >= 11 is 0. The third-order valence-corrected chi connectivity index (χ3v) is 10.0. The Morgan fingerprint density at radius 2 is 0.981 bits per heavy atom. The molecule has 0 aliphatic carbocycles. The number of anilines is 3. The van der Waals surface area contributed by atoms with Crippen molar-refractivity contribution < 1.29 is 0 Å². The summed E-state index contributed by atoms with van der Waals surface area (Å²) < 4.78 is 6.83. The normalized spacial score (nSPS) is 11.4. The van der Waals surface area contributed by atoms with E-state index in [0.717, 1.165) is 67.4 Å². The Morgan fingerprint density at radius 1 is 0.396 bits per heavy atom. The van der Waals surface area contributed by atoms with Crippen LogP contribution in [-0.2, 0) is 0 Å². The van der Waals surface area contributed by atoms with Crippen molar-refractivity contribution in [2.75, 3.05) is 4.90 Å². The first-order valence-corrected chi connectivity index (χ1v) is 17.9. The minimum absolute atomic E-state index is 0.883. The van der Waals surface area contributed by atoms with Crippen LogP contribution in [0.5, 0.6) is 0 Å². The molecule has 0 aliphatic rings. The predicted octanol–water partition coefficient (Wildman–Crippen LogP) is 12.3. The van der Waals surface area contributed by atoms with Crippen LogP contribution in [0.15, 0.2) is 207 Å². The van der Waals surface area contributed by atoms with Crippen molar-refractivity contribution in [2.45, 2.75) is 0 Å². The van der Waals surface area contributed by atoms with Crippen molar-refractivity contribution in [3.05, 3.63) is 207 Å². The standard InChI is InChI=1S/C48H34N5/c1-4-15-35(16-5-1)36-29-30-49-48(31-36)53-44-24-11-10-23-42(44)43-28-27-41(33-47(43)53)52(38-19-8-3-9-20-38)40-22-14-21-39(32-40)51-34-50(37-17-6-2-7-18-37)45-25-12-13-26-46(45)51/h1-34H/q+1. The van der Waals surface area contributed by atoms with E-state index in [1.54, 1.807) is 0 Å². The Kier molecular flexibility index (Phi) is 7.40. The molecule has 10 aromatic rings. The number of fused-ring (bicyclic) bond motifs is 4. The van der Waals surface area contributed by atoms with Gasteiger partial charge in [-0.1, -0.05) is 109 Å². The van der Waals surface area contributed by atoms with Gasteiger partial charge in [0.15, 0.2) is 17.4 Å². The van der Waals surface area contributed by atoms with Crippen LogP contribution in [0.25, 0.3) is 61.2 Å². The summed E-state index contributed by atoms with van der Waals surface area (Å²) in [5.74, 6) is 0.883. The molecule has 53 heavy (non-hydrogen) atoms. The average molecular weight is 681 g/mol. The van der Waals surface area contributed by atoms with Crippen LogP contribution in [0.1, 0.15) is 0 Å². The van der Waals surface area contributed by atoms with Crippen LogP contribution in [0.3, 0.4) is 0 Å². The topological polar surface area (TPSA) is 30.9 Å². The second-order valence-electron chi connectivity index (χ2n) is 13.2. The molecule has 5 heteroatoms. The van der Waals surface area contributed by atoms with Crippen molar-refractivity contribution in [3.63, 3.8) is 0 Å². The maximum absolute atomic E-state index is 4.94. The van der Waals surface area contributed by atoms with Gasteiger partial charge in [0.05, 0.1) is 16.7 Å². The van der Waals surface area contributed by atoms with E-state index in [-0.39, 0.29) is 0 Å². The second kappa shape index (κ2) is 12.8. The van der Waals surface area contributed by atoms with Crippen LogP contribution in [0, 0.1) is 0 Å². The number of nitrogens with zero attached hydrogens (tertiary/aromatic N) is 5. The number of para-hydroxylation sites is 5. The molecule has 7 aromatic carbocycles. The lowest BCUT2D eigenvalue weighted by Gasteiger charge is -2.25. The largest absolute Gasteiger partial charge is 0.310 e. The highest BCUT2D eigenvalue weighted by atomic mass is 15.2. The van der Waals surface area contributed by atoms with Crippen molar-refractivity contribution in [3.8, 4) is 28.3 Å². The highest BCUT2D eigenvalue weighted by molar-refractivity contribution is 6.10. The SMILES string of the molecule is c1ccc(-c2ccnc(-n3c4ccccc4c4ccc(N(c5ccccc5)c5cccc(-n6[cH+]n(-c7ccccc7)c7ccccc76)c5)cc43)c2)cc1. The van der Waals surface area contributed by atoms with Crippen molar-refractivity contribution >= 4 is 49.9 Å². The molecule has 0 bridgehead atoms. The summed E-state index contributed by atoms with van der Waals surface area (Å²) in [6.07, 6.45) is 4.10. The van der Waals surface area contributed by atoms with Gasteiger partial charge in [0.2, 0.25) is 0 Å². The Labute approximate surface area is 307 Å². The number of hydrogen-bond acceptors (Lipinski definition) is 2. The highest BCUT2D eigenvalue weighted by Crippen LogP contribution is 2.40. The number of pyridine rings is 1. The zero-order valence-electron chi connectivity index (χ0n) is 28.9. The van der Waals surface area contributed by atoms with Gasteiger partial charge in [-0.25, -0.2) is 4.98 Å². The molecule has 3 aromatic heterocycles. The average Bonchev–Trinajstić information content (AvgIpc) is 3.79. The Bertz CT molecular complexity index is 2890. The summed E-state index contributed by atoms with van der Waals surface area (Å²) in [5, 5.41) is 2.38. The van der Waals surface area contributed by atoms with Crippen LogP contribution in [0.4, 0.5) is 17.1 Å². The van der Waals surface area contributed by atoms with E-state index in [1.165, 1.54) is 10.8 Å². The van der Waals surface area contributed by atoms with Crippen LogP contribution >= 0.6 is 0 Å². The third kappa shape index (κ3) is 5.34. The monoisotopic (exact) mass is 680 g/mol. The molecule has 0 saturated heterocycles.